The molecule has 0 aliphatic heterocycles. The fourth-order valence-corrected chi connectivity index (χ4v) is 1.49. The van der Waals surface area contributed by atoms with Gasteiger partial charge in [-0.1, -0.05) is 5.92 Å². The lowest BCUT2D eigenvalue weighted by Crippen LogP contribution is -2.35. The average Bonchev–Trinajstić information content (AvgIpc) is 2.67. The Morgan fingerprint density at radius 3 is 2.78 bits per heavy atom. The second kappa shape index (κ2) is 5.77. The first-order valence-corrected chi connectivity index (χ1v) is 5.41. The number of nitrogens with one attached hydrogen (secondary N) is 2. The maximum absolute atomic E-state index is 11.8. The maximum Gasteiger partial charge on any atom is 0.354 e. The van der Waals surface area contributed by atoms with Gasteiger partial charge in [0.1, 0.15) is 5.69 Å². The molecule has 0 atom stereocenters. The fourth-order valence-electron chi connectivity index (χ4n) is 1.49. The van der Waals surface area contributed by atoms with Crippen molar-refractivity contribution in [2.45, 2.75) is 13.8 Å². The number of aromatic nitrogens is 1. The Morgan fingerprint density at radius 1 is 1.61 bits per heavy atom. The molecule has 96 valence electrons. The lowest BCUT2D eigenvalue weighted by Gasteiger charge is -2.18. The highest BCUT2D eigenvalue weighted by molar-refractivity contribution is 5.99. The van der Waals surface area contributed by atoms with Crippen LogP contribution in [0.4, 0.5) is 10.5 Å². The number of hydrogen-bond acceptors (Lipinski definition) is 2. The number of rotatable bonds is 4. The van der Waals surface area contributed by atoms with Gasteiger partial charge in [-0.15, -0.1) is 6.42 Å². The van der Waals surface area contributed by atoms with Crippen molar-refractivity contribution in [2.75, 3.05) is 18.4 Å². The van der Waals surface area contributed by atoms with Crippen molar-refractivity contribution in [3.63, 3.8) is 0 Å². The molecule has 0 saturated heterocycles. The van der Waals surface area contributed by atoms with Gasteiger partial charge in [0.2, 0.25) is 0 Å². The van der Waals surface area contributed by atoms with Gasteiger partial charge in [0.15, 0.2) is 0 Å². The summed E-state index contributed by atoms with van der Waals surface area (Å²) < 4.78 is 0. The predicted molar refractivity (Wildman–Crippen MR) is 67.6 cm³/mol. The number of carboxylic acid groups (broad SMARTS) is 1. The van der Waals surface area contributed by atoms with Gasteiger partial charge >= 0.3 is 12.0 Å². The summed E-state index contributed by atoms with van der Waals surface area (Å²) in [4.78, 5) is 26.8. The van der Waals surface area contributed by atoms with Crippen LogP contribution in [0.3, 0.4) is 0 Å². The van der Waals surface area contributed by atoms with Crippen LogP contribution in [-0.2, 0) is 0 Å². The summed E-state index contributed by atoms with van der Waals surface area (Å²) in [6.07, 6.45) is 5.15. The molecule has 6 heteroatoms. The molecule has 0 aromatic carbocycles. The quantitative estimate of drug-likeness (QED) is 0.707. The largest absolute Gasteiger partial charge is 0.477 e. The minimum Gasteiger partial charge on any atom is -0.477 e. The Labute approximate surface area is 105 Å². The SMILES string of the molecule is C#CCN(CC)C(=O)Nc1cc(C)[nH]c1C(=O)O. The highest BCUT2D eigenvalue weighted by atomic mass is 16.4. The number of amides is 2. The van der Waals surface area contributed by atoms with Crippen molar-refractivity contribution in [3.8, 4) is 12.3 Å². The van der Waals surface area contributed by atoms with E-state index in [-0.39, 0.29) is 17.9 Å². The molecule has 18 heavy (non-hydrogen) atoms. The summed E-state index contributed by atoms with van der Waals surface area (Å²) in [5.41, 5.74) is 0.848. The number of carbonyl (C=O) groups is 2. The summed E-state index contributed by atoms with van der Waals surface area (Å²) in [7, 11) is 0. The van der Waals surface area contributed by atoms with Crippen molar-refractivity contribution in [1.29, 1.82) is 0 Å². The average molecular weight is 249 g/mol. The van der Waals surface area contributed by atoms with Gasteiger partial charge in [0.25, 0.3) is 0 Å². The van der Waals surface area contributed by atoms with Crippen LogP contribution < -0.4 is 5.32 Å². The smallest absolute Gasteiger partial charge is 0.354 e. The minimum atomic E-state index is -1.13. The molecule has 0 fully saturated rings. The number of nitrogens with zero attached hydrogens (tertiary/aromatic N) is 1. The highest BCUT2D eigenvalue weighted by Gasteiger charge is 2.17. The number of carboxylic acids is 1. The van der Waals surface area contributed by atoms with Gasteiger partial charge in [-0.3, -0.25) is 0 Å². The molecule has 0 saturated carbocycles. The van der Waals surface area contributed by atoms with E-state index in [9.17, 15) is 9.59 Å². The van der Waals surface area contributed by atoms with Crippen molar-refractivity contribution >= 4 is 17.7 Å². The molecule has 6 nitrogen and oxygen atoms in total. The van der Waals surface area contributed by atoms with Crippen LogP contribution in [0.1, 0.15) is 23.1 Å². The van der Waals surface area contributed by atoms with E-state index in [1.54, 1.807) is 19.9 Å². The first-order chi connectivity index (χ1) is 8.49. The van der Waals surface area contributed by atoms with Gasteiger partial charge in [-0.05, 0) is 19.9 Å². The molecule has 0 aliphatic carbocycles. The van der Waals surface area contributed by atoms with E-state index in [1.165, 1.54) is 4.90 Å². The second-order valence-corrected chi connectivity index (χ2v) is 3.69. The number of urea groups is 1. The Morgan fingerprint density at radius 2 is 2.28 bits per heavy atom. The van der Waals surface area contributed by atoms with E-state index >= 15 is 0 Å². The van der Waals surface area contributed by atoms with Crippen LogP contribution in [-0.4, -0.2) is 40.1 Å². The lowest BCUT2D eigenvalue weighted by atomic mass is 10.3. The number of H-pyrrole nitrogens is 1. The van der Waals surface area contributed by atoms with Gasteiger partial charge in [-0.25, -0.2) is 9.59 Å². The first-order valence-electron chi connectivity index (χ1n) is 5.41. The molecule has 0 radical (unpaired) electrons. The zero-order valence-corrected chi connectivity index (χ0v) is 10.3. The molecule has 3 N–H and O–H groups in total. The van der Waals surface area contributed by atoms with Crippen LogP contribution in [0.15, 0.2) is 6.07 Å². The van der Waals surface area contributed by atoms with E-state index in [1.807, 2.05) is 0 Å². The van der Waals surface area contributed by atoms with Gasteiger partial charge < -0.3 is 20.3 Å². The van der Waals surface area contributed by atoms with Crippen LogP contribution in [0.2, 0.25) is 0 Å². The third-order valence-corrected chi connectivity index (χ3v) is 2.36. The highest BCUT2D eigenvalue weighted by Crippen LogP contribution is 2.17. The molecule has 1 aromatic rings. The molecule has 1 aromatic heterocycles. The molecule has 0 unspecified atom stereocenters. The predicted octanol–water partition coefficient (Wildman–Crippen LogP) is 1.51. The number of carbonyl (C=O) groups excluding carboxylic acids is 1. The van der Waals surface area contributed by atoms with Gasteiger partial charge in [-0.2, -0.15) is 0 Å². The van der Waals surface area contributed by atoms with Crippen molar-refractivity contribution in [2.24, 2.45) is 0 Å². The number of aromatic amines is 1. The number of hydrogen-bond donors (Lipinski definition) is 3. The Kier molecular flexibility index (Phi) is 4.38. The van der Waals surface area contributed by atoms with Crippen LogP contribution in [0.5, 0.6) is 0 Å². The van der Waals surface area contributed by atoms with E-state index in [4.69, 9.17) is 11.5 Å². The number of anilines is 1. The van der Waals surface area contributed by atoms with E-state index in [0.29, 0.717) is 12.2 Å². The van der Waals surface area contributed by atoms with E-state index in [2.05, 4.69) is 16.2 Å². The molecular formula is C12H15N3O3. The summed E-state index contributed by atoms with van der Waals surface area (Å²) >= 11 is 0. The minimum absolute atomic E-state index is 0.0439. The Hall–Kier alpha value is -2.42. The molecule has 1 heterocycles. The van der Waals surface area contributed by atoms with Crippen molar-refractivity contribution in [1.82, 2.24) is 9.88 Å². The summed E-state index contributed by atoms with van der Waals surface area (Å²) in [5, 5.41) is 11.5. The molecule has 1 rings (SSSR count). The third-order valence-electron chi connectivity index (χ3n) is 2.36. The van der Waals surface area contributed by atoms with Gasteiger partial charge in [0.05, 0.1) is 12.2 Å². The Bertz CT molecular complexity index is 499. The van der Waals surface area contributed by atoms with Gasteiger partial charge in [0, 0.05) is 12.2 Å². The number of aromatic carboxylic acids is 1. The van der Waals surface area contributed by atoms with E-state index < -0.39 is 12.0 Å². The normalized spacial score (nSPS) is 9.61. The fraction of sp³-hybridized carbons (Fsp3) is 0.333. The van der Waals surface area contributed by atoms with Crippen LogP contribution in [0.25, 0.3) is 0 Å². The van der Waals surface area contributed by atoms with E-state index in [0.717, 1.165) is 0 Å². The standard InChI is InChI=1S/C12H15N3O3/c1-4-6-15(5-2)12(18)14-9-7-8(3)13-10(9)11(16)17/h1,7,13H,5-6H2,2-3H3,(H,14,18)(H,16,17). The summed E-state index contributed by atoms with van der Waals surface area (Å²) in [5.74, 6) is 1.24. The van der Waals surface area contributed by atoms with Crippen molar-refractivity contribution < 1.29 is 14.7 Å². The maximum atomic E-state index is 11.8. The summed E-state index contributed by atoms with van der Waals surface area (Å²) in [6, 6.07) is 1.14. The Balaban J connectivity index is 2.87. The lowest BCUT2D eigenvalue weighted by molar-refractivity contribution is 0.0692. The topological polar surface area (TPSA) is 85.4 Å². The molecule has 0 spiro atoms. The number of terminal acetylenes is 1. The van der Waals surface area contributed by atoms with Crippen LogP contribution in [0, 0.1) is 19.3 Å². The van der Waals surface area contributed by atoms with Crippen LogP contribution >= 0.6 is 0 Å². The molecule has 0 bridgehead atoms. The molecule has 0 aliphatic rings. The third kappa shape index (κ3) is 3.04. The molecular weight excluding hydrogens is 234 g/mol. The number of aryl methyl sites for hydroxylation is 1. The molecule has 2 amide bonds. The zero-order valence-electron chi connectivity index (χ0n) is 10.3. The first kappa shape index (κ1) is 13.6. The monoisotopic (exact) mass is 249 g/mol. The zero-order chi connectivity index (χ0) is 13.7. The van der Waals surface area contributed by atoms with Crippen molar-refractivity contribution in [3.05, 3.63) is 17.5 Å². The second-order valence-electron chi connectivity index (χ2n) is 3.69. The summed E-state index contributed by atoms with van der Waals surface area (Å²) in [6.45, 7) is 4.12.